The fourth-order valence-electron chi connectivity index (χ4n) is 5.76. The third-order valence-corrected chi connectivity index (χ3v) is 8.10. The predicted molar refractivity (Wildman–Crippen MR) is 154 cm³/mol. The van der Waals surface area contributed by atoms with Gasteiger partial charge in [0.2, 0.25) is 0 Å². The number of carbonyl (C=O) groups is 1. The fourth-order valence-corrected chi connectivity index (χ4v) is 5.76. The van der Waals surface area contributed by atoms with Gasteiger partial charge in [0.1, 0.15) is 25.3 Å². The van der Waals surface area contributed by atoms with Crippen molar-refractivity contribution < 1.29 is 29.7 Å². The van der Waals surface area contributed by atoms with Gasteiger partial charge in [-0.25, -0.2) is 4.79 Å². The second-order valence-corrected chi connectivity index (χ2v) is 11.6. The van der Waals surface area contributed by atoms with Crippen LogP contribution in [-0.2, 0) is 4.79 Å². The van der Waals surface area contributed by atoms with Crippen LogP contribution in [0.4, 0.5) is 0 Å². The zero-order valence-corrected chi connectivity index (χ0v) is 25.0. The van der Waals surface area contributed by atoms with Crippen molar-refractivity contribution in [1.82, 2.24) is 0 Å². The number of quaternary nitrogens is 1. The van der Waals surface area contributed by atoms with Crippen molar-refractivity contribution in [3.05, 3.63) is 0 Å². The number of aliphatic hydroxyl groups excluding tert-OH is 3. The first-order valence-electron chi connectivity index (χ1n) is 15.9. The van der Waals surface area contributed by atoms with Crippen molar-refractivity contribution in [2.24, 2.45) is 0 Å². The highest BCUT2D eigenvalue weighted by Gasteiger charge is 2.47. The zero-order valence-electron chi connectivity index (χ0n) is 25.0. The summed E-state index contributed by atoms with van der Waals surface area (Å²) >= 11 is 0. The molecule has 6 heteroatoms. The molecule has 0 amide bonds. The lowest BCUT2D eigenvalue weighted by molar-refractivity contribution is -0.988. The van der Waals surface area contributed by atoms with Crippen molar-refractivity contribution in [3.63, 3.8) is 0 Å². The Kier molecular flexibility index (Phi) is 22.8. The maximum absolute atomic E-state index is 12.3. The van der Waals surface area contributed by atoms with Gasteiger partial charge in [-0.2, -0.15) is 0 Å². The van der Waals surface area contributed by atoms with E-state index in [0.717, 1.165) is 38.5 Å². The Balaban J connectivity index is 4.97. The molecule has 6 nitrogen and oxygen atoms in total. The van der Waals surface area contributed by atoms with Gasteiger partial charge in [0.25, 0.3) is 0 Å². The summed E-state index contributed by atoms with van der Waals surface area (Å²) in [5.74, 6) is -0.957. The molecule has 4 atom stereocenters. The van der Waals surface area contributed by atoms with Crippen LogP contribution >= 0.6 is 0 Å². The zero-order chi connectivity index (χ0) is 27.9. The van der Waals surface area contributed by atoms with E-state index in [2.05, 4.69) is 13.8 Å². The highest BCUT2D eigenvalue weighted by atomic mass is 16.4. The molecule has 0 aromatic heterocycles. The molecule has 0 fully saturated rings. The summed E-state index contributed by atoms with van der Waals surface area (Å²) in [5.41, 5.74) is 0. The van der Waals surface area contributed by atoms with Gasteiger partial charge in [-0.3, -0.25) is 4.48 Å². The van der Waals surface area contributed by atoms with Gasteiger partial charge in [-0.1, -0.05) is 124 Å². The third-order valence-electron chi connectivity index (χ3n) is 8.10. The Bertz CT molecular complexity index is 500. The molecule has 0 radical (unpaired) electrons. The lowest BCUT2D eigenvalue weighted by atomic mass is 9.99. The summed E-state index contributed by atoms with van der Waals surface area (Å²) < 4.78 is -0.167. The highest BCUT2D eigenvalue weighted by Crippen LogP contribution is 2.27. The van der Waals surface area contributed by atoms with E-state index in [4.69, 9.17) is 0 Å². The van der Waals surface area contributed by atoms with Gasteiger partial charge >= 0.3 is 5.97 Å². The van der Waals surface area contributed by atoms with E-state index in [1.165, 1.54) is 64.2 Å². The van der Waals surface area contributed by atoms with Crippen LogP contribution in [0.2, 0.25) is 0 Å². The number of aliphatic carboxylic acids is 1. The number of hydrogen-bond donors (Lipinski definition) is 4. The lowest BCUT2D eigenvalue weighted by Crippen LogP contribution is -2.67. The lowest BCUT2D eigenvalue weighted by Gasteiger charge is -2.47. The van der Waals surface area contributed by atoms with Crippen molar-refractivity contribution in [1.29, 1.82) is 0 Å². The van der Waals surface area contributed by atoms with Crippen LogP contribution in [-0.4, -0.2) is 68.4 Å². The smallest absolute Gasteiger partial charge is 0.362 e. The van der Waals surface area contributed by atoms with Crippen molar-refractivity contribution in [3.8, 4) is 0 Å². The highest BCUT2D eigenvalue weighted by molar-refractivity contribution is 5.72. The molecule has 0 spiro atoms. The second kappa shape index (κ2) is 23.2. The van der Waals surface area contributed by atoms with Gasteiger partial charge in [-0.05, 0) is 19.3 Å². The topological polar surface area (TPSA) is 98.0 Å². The van der Waals surface area contributed by atoms with Crippen LogP contribution in [0, 0.1) is 0 Å². The van der Waals surface area contributed by atoms with Gasteiger partial charge in [0.15, 0.2) is 12.3 Å². The first-order valence-corrected chi connectivity index (χ1v) is 15.9. The number of carboxylic acids is 1. The minimum absolute atomic E-state index is 0.166. The number of nitrogens with zero attached hydrogens (tertiary/aromatic N) is 1. The van der Waals surface area contributed by atoms with E-state index >= 15 is 0 Å². The normalized spacial score (nSPS) is 16.7. The number of rotatable bonds is 27. The summed E-state index contributed by atoms with van der Waals surface area (Å²) in [4.78, 5) is 12.3. The summed E-state index contributed by atoms with van der Waals surface area (Å²) in [6, 6.07) is -0.841. The molecule has 222 valence electrons. The van der Waals surface area contributed by atoms with Gasteiger partial charge in [0.05, 0.1) is 0 Å². The molecular weight excluding hydrogens is 466 g/mol. The van der Waals surface area contributed by atoms with E-state index in [0.29, 0.717) is 25.7 Å². The van der Waals surface area contributed by atoms with Crippen molar-refractivity contribution >= 4 is 5.97 Å². The summed E-state index contributed by atoms with van der Waals surface area (Å²) in [5, 5.41) is 42.9. The first-order chi connectivity index (χ1) is 17.7. The molecule has 0 saturated heterocycles. The number of carboxylic acid groups (broad SMARTS) is 1. The van der Waals surface area contributed by atoms with Crippen molar-refractivity contribution in [2.45, 2.75) is 181 Å². The molecule has 4 N–H and O–H groups in total. The average Bonchev–Trinajstić information content (AvgIpc) is 2.85. The molecule has 0 aromatic rings. The van der Waals surface area contributed by atoms with Crippen molar-refractivity contribution in [2.75, 3.05) is 13.1 Å². The number of aliphatic hydroxyl groups is 3. The molecule has 0 aliphatic heterocycles. The third kappa shape index (κ3) is 16.8. The van der Waals surface area contributed by atoms with Gasteiger partial charge < -0.3 is 20.4 Å². The monoisotopic (exact) mass is 530 g/mol. The van der Waals surface area contributed by atoms with Crippen LogP contribution < -0.4 is 0 Å². The number of unbranched alkanes of at least 4 members (excludes halogenated alkanes) is 14. The van der Waals surface area contributed by atoms with E-state index in [1.807, 2.05) is 6.92 Å². The minimum Gasteiger partial charge on any atom is -0.477 e. The Morgan fingerprint density at radius 1 is 0.568 bits per heavy atom. The molecule has 0 bridgehead atoms. The summed E-state index contributed by atoms with van der Waals surface area (Å²) in [7, 11) is 0. The van der Waals surface area contributed by atoms with Crippen LogP contribution in [0.25, 0.3) is 0 Å². The van der Waals surface area contributed by atoms with Gasteiger partial charge in [-0.15, -0.1) is 0 Å². The quantitative estimate of drug-likeness (QED) is 0.0512. The molecular formula is C31H64NO5+. The largest absolute Gasteiger partial charge is 0.477 e. The number of hydrogen-bond acceptors (Lipinski definition) is 4. The van der Waals surface area contributed by atoms with Crippen LogP contribution in [0.15, 0.2) is 0 Å². The summed E-state index contributed by atoms with van der Waals surface area (Å²) in [6.45, 7) is 8.34. The molecule has 0 aromatic carbocycles. The van der Waals surface area contributed by atoms with Crippen LogP contribution in [0.5, 0.6) is 0 Å². The maximum atomic E-state index is 12.3. The molecule has 37 heavy (non-hydrogen) atoms. The van der Waals surface area contributed by atoms with Crippen LogP contribution in [0.1, 0.15) is 156 Å². The first kappa shape index (κ1) is 36.3. The minimum atomic E-state index is -0.978. The van der Waals surface area contributed by atoms with Gasteiger partial charge in [0, 0.05) is 13.3 Å². The maximum Gasteiger partial charge on any atom is 0.362 e. The second-order valence-electron chi connectivity index (χ2n) is 11.6. The molecule has 0 saturated carbocycles. The van der Waals surface area contributed by atoms with E-state index in [1.54, 1.807) is 6.92 Å². The Morgan fingerprint density at radius 3 is 1.22 bits per heavy atom. The Labute approximate surface area is 229 Å². The summed E-state index contributed by atoms with van der Waals surface area (Å²) in [6.07, 6.45) is 18.9. The SMILES string of the molecule is CCCCCCCCCCC(O)C[N+](CC(O)CCCCCCCCCC)(C(C)O)C(CCC)C(=O)O. The average molecular weight is 531 g/mol. The van der Waals surface area contributed by atoms with Crippen LogP contribution in [0.3, 0.4) is 0 Å². The molecule has 0 aliphatic carbocycles. The predicted octanol–water partition coefficient (Wildman–Crippen LogP) is 7.18. The Hall–Kier alpha value is -0.690. The van der Waals surface area contributed by atoms with E-state index in [9.17, 15) is 25.2 Å². The Morgan fingerprint density at radius 2 is 0.919 bits per heavy atom. The molecule has 0 rings (SSSR count). The molecule has 0 aliphatic rings. The van der Waals surface area contributed by atoms with E-state index < -0.39 is 30.4 Å². The molecule has 0 heterocycles. The van der Waals surface area contributed by atoms with E-state index in [-0.39, 0.29) is 17.6 Å². The fraction of sp³-hybridized carbons (Fsp3) is 0.968. The standard InChI is InChI=1S/C31H63NO5/c1-5-8-10-12-14-16-18-20-23-28(34)25-32(27(4)33,30(22-7-3)31(36)37)26-29(35)24-21-19-17-15-13-11-9-6-2/h27-30,33-35H,5-26H2,1-4H3/p+1. The molecule has 4 unspecified atom stereocenters.